The molecule has 0 aliphatic rings. The van der Waals surface area contributed by atoms with Crippen molar-refractivity contribution >= 4 is 22.9 Å². The highest BCUT2D eigenvalue weighted by atomic mass is 35.5. The molecular formula is C13H14ClNOS. The fourth-order valence-corrected chi connectivity index (χ4v) is 2.44. The second kappa shape index (κ2) is 5.54. The molecule has 0 saturated carbocycles. The molecule has 1 unspecified atom stereocenters. The van der Waals surface area contributed by atoms with Crippen LogP contribution in [0.3, 0.4) is 0 Å². The molecule has 2 N–H and O–H groups in total. The summed E-state index contributed by atoms with van der Waals surface area (Å²) in [7, 11) is 0. The van der Waals surface area contributed by atoms with Crippen LogP contribution >= 0.6 is 22.9 Å². The number of thiophene rings is 1. The average molecular weight is 268 g/mol. The highest BCUT2D eigenvalue weighted by Gasteiger charge is 2.12. The molecule has 0 amide bonds. The smallest absolute Gasteiger partial charge is 0.145 e. The number of ether oxygens (including phenoxy) is 1. The highest BCUT2D eigenvalue weighted by Crippen LogP contribution is 2.27. The predicted octanol–water partition coefficient (Wildman–Crippen LogP) is 3.79. The molecule has 0 bridgehead atoms. The van der Waals surface area contributed by atoms with Gasteiger partial charge in [0.1, 0.15) is 11.9 Å². The van der Waals surface area contributed by atoms with Gasteiger partial charge in [-0.15, -0.1) is 11.3 Å². The summed E-state index contributed by atoms with van der Waals surface area (Å²) in [5.74, 6) is 0.802. The first-order chi connectivity index (χ1) is 8.20. The van der Waals surface area contributed by atoms with Crippen LogP contribution in [-0.2, 0) is 0 Å². The van der Waals surface area contributed by atoms with Crippen molar-refractivity contribution in [2.45, 2.75) is 13.0 Å². The third kappa shape index (κ3) is 3.00. The number of rotatable bonds is 4. The standard InChI is InChI=1S/C13H14ClNOS/c1-9-7-10(4-5-11(9)14)16-12(8-15)13-3-2-6-17-13/h2-7,12H,8,15H2,1H3. The van der Waals surface area contributed by atoms with Gasteiger partial charge in [-0.25, -0.2) is 0 Å². The fourth-order valence-electron chi connectivity index (χ4n) is 1.55. The van der Waals surface area contributed by atoms with E-state index in [1.54, 1.807) is 11.3 Å². The van der Waals surface area contributed by atoms with Gasteiger partial charge in [-0.1, -0.05) is 17.7 Å². The number of benzene rings is 1. The first-order valence-corrected chi connectivity index (χ1v) is 6.62. The van der Waals surface area contributed by atoms with Crippen molar-refractivity contribution in [3.05, 3.63) is 51.2 Å². The summed E-state index contributed by atoms with van der Waals surface area (Å²) in [5.41, 5.74) is 6.74. The maximum Gasteiger partial charge on any atom is 0.145 e. The molecule has 0 fully saturated rings. The largest absolute Gasteiger partial charge is 0.484 e. The lowest BCUT2D eigenvalue weighted by Gasteiger charge is -2.16. The van der Waals surface area contributed by atoms with E-state index in [0.29, 0.717) is 6.54 Å². The van der Waals surface area contributed by atoms with Gasteiger partial charge >= 0.3 is 0 Å². The Balaban J connectivity index is 2.16. The maximum absolute atomic E-state index is 5.97. The Hall–Kier alpha value is -1.03. The molecule has 2 nitrogen and oxygen atoms in total. The van der Waals surface area contributed by atoms with Crippen LogP contribution in [0.1, 0.15) is 16.5 Å². The molecule has 1 heterocycles. The highest BCUT2D eigenvalue weighted by molar-refractivity contribution is 7.10. The zero-order valence-corrected chi connectivity index (χ0v) is 11.1. The van der Waals surface area contributed by atoms with E-state index in [1.165, 1.54) is 0 Å². The van der Waals surface area contributed by atoms with E-state index in [1.807, 2.05) is 42.6 Å². The van der Waals surface area contributed by atoms with Crippen LogP contribution in [-0.4, -0.2) is 6.54 Å². The van der Waals surface area contributed by atoms with E-state index in [2.05, 4.69) is 0 Å². The van der Waals surface area contributed by atoms with Gasteiger partial charge in [0.2, 0.25) is 0 Å². The van der Waals surface area contributed by atoms with Crippen molar-refractivity contribution in [2.24, 2.45) is 5.73 Å². The molecule has 0 radical (unpaired) electrons. The summed E-state index contributed by atoms with van der Waals surface area (Å²) in [6.07, 6.45) is -0.0874. The van der Waals surface area contributed by atoms with E-state index >= 15 is 0 Å². The molecule has 0 saturated heterocycles. The average Bonchev–Trinajstić information content (AvgIpc) is 2.84. The molecule has 1 atom stereocenters. The van der Waals surface area contributed by atoms with Crippen molar-refractivity contribution < 1.29 is 4.74 Å². The van der Waals surface area contributed by atoms with Gasteiger partial charge < -0.3 is 10.5 Å². The zero-order valence-electron chi connectivity index (χ0n) is 9.52. The van der Waals surface area contributed by atoms with Gasteiger partial charge in [0.15, 0.2) is 0 Å². The summed E-state index contributed by atoms with van der Waals surface area (Å²) in [4.78, 5) is 1.14. The summed E-state index contributed by atoms with van der Waals surface area (Å²) in [6, 6.07) is 9.67. The van der Waals surface area contributed by atoms with Gasteiger partial charge in [0, 0.05) is 16.4 Å². The van der Waals surface area contributed by atoms with E-state index in [-0.39, 0.29) is 6.10 Å². The van der Waals surface area contributed by atoms with Crippen LogP contribution < -0.4 is 10.5 Å². The second-order valence-corrected chi connectivity index (χ2v) is 5.16. The molecule has 0 aliphatic carbocycles. The van der Waals surface area contributed by atoms with Crippen molar-refractivity contribution in [3.8, 4) is 5.75 Å². The van der Waals surface area contributed by atoms with Crippen molar-refractivity contribution in [3.63, 3.8) is 0 Å². The summed E-state index contributed by atoms with van der Waals surface area (Å²) >= 11 is 7.62. The number of nitrogens with two attached hydrogens (primary N) is 1. The number of halogens is 1. The Morgan fingerprint density at radius 1 is 1.41 bits per heavy atom. The minimum Gasteiger partial charge on any atom is -0.484 e. The fraction of sp³-hybridized carbons (Fsp3) is 0.231. The first-order valence-electron chi connectivity index (χ1n) is 5.37. The number of aryl methyl sites for hydroxylation is 1. The molecule has 2 aromatic rings. The molecule has 0 spiro atoms. The summed E-state index contributed by atoms with van der Waals surface area (Å²) < 4.78 is 5.87. The lowest BCUT2D eigenvalue weighted by Crippen LogP contribution is -2.17. The van der Waals surface area contributed by atoms with Crippen LogP contribution in [0.25, 0.3) is 0 Å². The Kier molecular flexibility index (Phi) is 4.05. The van der Waals surface area contributed by atoms with Gasteiger partial charge in [-0.2, -0.15) is 0 Å². The number of hydrogen-bond donors (Lipinski definition) is 1. The van der Waals surface area contributed by atoms with E-state index < -0.39 is 0 Å². The lowest BCUT2D eigenvalue weighted by molar-refractivity contribution is 0.218. The van der Waals surface area contributed by atoms with Crippen LogP contribution in [0.2, 0.25) is 5.02 Å². The van der Waals surface area contributed by atoms with Crippen LogP contribution in [0, 0.1) is 6.92 Å². The monoisotopic (exact) mass is 267 g/mol. The quantitative estimate of drug-likeness (QED) is 0.915. The Morgan fingerprint density at radius 2 is 2.24 bits per heavy atom. The molecule has 2 rings (SSSR count). The van der Waals surface area contributed by atoms with Crippen molar-refractivity contribution in [1.82, 2.24) is 0 Å². The summed E-state index contributed by atoms with van der Waals surface area (Å²) in [6.45, 7) is 2.42. The Bertz CT molecular complexity index is 484. The normalized spacial score (nSPS) is 12.4. The summed E-state index contributed by atoms with van der Waals surface area (Å²) in [5, 5.41) is 2.77. The van der Waals surface area contributed by atoms with Gasteiger partial charge in [-0.05, 0) is 42.1 Å². The molecule has 0 aliphatic heterocycles. The number of hydrogen-bond acceptors (Lipinski definition) is 3. The maximum atomic E-state index is 5.97. The molecule has 90 valence electrons. The van der Waals surface area contributed by atoms with Gasteiger partial charge in [0.25, 0.3) is 0 Å². The third-order valence-electron chi connectivity index (χ3n) is 2.48. The first kappa shape index (κ1) is 12.4. The van der Waals surface area contributed by atoms with Crippen LogP contribution in [0.4, 0.5) is 0 Å². The van der Waals surface area contributed by atoms with Gasteiger partial charge in [0.05, 0.1) is 0 Å². The van der Waals surface area contributed by atoms with E-state index in [4.69, 9.17) is 22.1 Å². The van der Waals surface area contributed by atoms with Crippen LogP contribution in [0.15, 0.2) is 35.7 Å². The van der Waals surface area contributed by atoms with Crippen molar-refractivity contribution in [2.75, 3.05) is 6.54 Å². The zero-order chi connectivity index (χ0) is 12.3. The topological polar surface area (TPSA) is 35.2 Å². The SMILES string of the molecule is Cc1cc(OC(CN)c2cccs2)ccc1Cl. The predicted molar refractivity (Wildman–Crippen MR) is 72.9 cm³/mol. The minimum absolute atomic E-state index is 0.0874. The third-order valence-corrected chi connectivity index (χ3v) is 3.87. The Morgan fingerprint density at radius 3 is 2.82 bits per heavy atom. The van der Waals surface area contributed by atoms with E-state index in [9.17, 15) is 0 Å². The molecule has 1 aromatic carbocycles. The van der Waals surface area contributed by atoms with E-state index in [0.717, 1.165) is 21.2 Å². The molecule has 4 heteroatoms. The molecule has 1 aromatic heterocycles. The van der Waals surface area contributed by atoms with Gasteiger partial charge in [-0.3, -0.25) is 0 Å². The van der Waals surface area contributed by atoms with Crippen molar-refractivity contribution in [1.29, 1.82) is 0 Å². The Labute approximate surface area is 110 Å². The van der Waals surface area contributed by atoms with Crippen LogP contribution in [0.5, 0.6) is 5.75 Å². The lowest BCUT2D eigenvalue weighted by atomic mass is 10.2. The second-order valence-electron chi connectivity index (χ2n) is 3.77. The molecule has 17 heavy (non-hydrogen) atoms. The minimum atomic E-state index is -0.0874. The molecular weight excluding hydrogens is 254 g/mol.